The van der Waals surface area contributed by atoms with Gasteiger partial charge in [0.1, 0.15) is 17.3 Å². The highest BCUT2D eigenvalue weighted by molar-refractivity contribution is 7.88. The fraction of sp³-hybridized carbons (Fsp3) is 0.423. The highest BCUT2D eigenvalue weighted by Gasteiger charge is 2.30. The smallest absolute Gasteiger partial charge is 0.316 e. The first-order chi connectivity index (χ1) is 18.7. The van der Waals surface area contributed by atoms with Gasteiger partial charge < -0.3 is 14.8 Å². The van der Waals surface area contributed by atoms with E-state index in [0.717, 1.165) is 48.9 Å². The third kappa shape index (κ3) is 6.19. The molecule has 1 saturated heterocycles. The van der Waals surface area contributed by atoms with Crippen LogP contribution in [0.15, 0.2) is 53.7 Å². The van der Waals surface area contributed by atoms with Crippen LogP contribution in [-0.2, 0) is 15.8 Å². The lowest BCUT2D eigenvalue weighted by Crippen LogP contribution is -2.49. The molecule has 0 atom stereocenters. The van der Waals surface area contributed by atoms with E-state index in [1.807, 2.05) is 4.90 Å². The first-order valence-corrected chi connectivity index (χ1v) is 14.5. The van der Waals surface area contributed by atoms with Crippen molar-refractivity contribution in [2.24, 2.45) is 0 Å². The molecular weight excluding hydrogens is 532 g/mol. The summed E-state index contributed by atoms with van der Waals surface area (Å²) < 4.78 is 62.9. The molecule has 39 heavy (non-hydrogen) atoms. The second-order valence-corrected chi connectivity index (χ2v) is 11.8. The minimum atomic E-state index is -3.64. The molecule has 3 aromatic rings. The zero-order valence-corrected chi connectivity index (χ0v) is 22.0. The predicted octanol–water partition coefficient (Wildman–Crippen LogP) is 2.51. The summed E-state index contributed by atoms with van der Waals surface area (Å²) in [6.07, 6.45) is 8.36. The minimum Gasteiger partial charge on any atom is -0.619 e. The van der Waals surface area contributed by atoms with Crippen molar-refractivity contribution >= 4 is 15.7 Å². The van der Waals surface area contributed by atoms with Gasteiger partial charge in [-0.1, -0.05) is 6.42 Å². The summed E-state index contributed by atoms with van der Waals surface area (Å²) in [7, 11) is -3.64. The van der Waals surface area contributed by atoms with Crippen LogP contribution < -0.4 is 19.9 Å². The Morgan fingerprint density at radius 3 is 2.28 bits per heavy atom. The number of rotatable bonds is 7. The molecule has 2 aromatic heterocycles. The molecule has 1 aliphatic heterocycles. The van der Waals surface area contributed by atoms with Gasteiger partial charge in [-0.3, -0.25) is 4.79 Å². The molecule has 1 saturated carbocycles. The number of anilines is 1. The molecule has 0 bridgehead atoms. The Balaban J connectivity index is 1.39. The number of aromatic nitrogens is 3. The fourth-order valence-electron chi connectivity index (χ4n) is 5.01. The zero-order chi connectivity index (χ0) is 27.6. The molecule has 5 rings (SSSR count). The van der Waals surface area contributed by atoms with E-state index in [1.165, 1.54) is 35.0 Å². The van der Waals surface area contributed by atoms with E-state index in [-0.39, 0.29) is 49.5 Å². The second-order valence-electron chi connectivity index (χ2n) is 9.79. The van der Waals surface area contributed by atoms with Crippen LogP contribution in [0.5, 0.6) is 5.75 Å². The average Bonchev–Trinajstić information content (AvgIpc) is 2.91. The molecule has 0 N–H and O–H groups in total. The number of piperazine rings is 1. The predicted molar refractivity (Wildman–Crippen MR) is 139 cm³/mol. The molecule has 1 aliphatic carbocycles. The van der Waals surface area contributed by atoms with Crippen molar-refractivity contribution in [2.75, 3.05) is 31.1 Å². The first-order valence-electron chi connectivity index (χ1n) is 12.9. The molecule has 0 radical (unpaired) electrons. The Labute approximate surface area is 224 Å². The van der Waals surface area contributed by atoms with Gasteiger partial charge in [0, 0.05) is 44.4 Å². The van der Waals surface area contributed by atoms with Crippen LogP contribution in [0.1, 0.15) is 37.7 Å². The van der Waals surface area contributed by atoms with Crippen LogP contribution in [0.4, 0.5) is 14.5 Å². The number of halogens is 2. The number of sulfonamides is 1. The van der Waals surface area contributed by atoms with Crippen molar-refractivity contribution < 1.29 is 26.7 Å². The lowest BCUT2D eigenvalue weighted by atomic mass is 9.98. The third-order valence-corrected chi connectivity index (χ3v) is 8.89. The summed E-state index contributed by atoms with van der Waals surface area (Å²) in [5.41, 5.74) is 0.225. The van der Waals surface area contributed by atoms with E-state index >= 15 is 0 Å². The summed E-state index contributed by atoms with van der Waals surface area (Å²) >= 11 is 0. The fourth-order valence-corrected chi connectivity index (χ4v) is 6.53. The van der Waals surface area contributed by atoms with E-state index in [0.29, 0.717) is 22.0 Å². The van der Waals surface area contributed by atoms with Gasteiger partial charge in [-0.15, -0.1) is 0 Å². The van der Waals surface area contributed by atoms with E-state index in [2.05, 4.69) is 5.10 Å². The average molecular weight is 562 g/mol. The van der Waals surface area contributed by atoms with Crippen LogP contribution in [0.3, 0.4) is 0 Å². The summed E-state index contributed by atoms with van der Waals surface area (Å²) in [6.45, 7) is 0.931. The maximum Gasteiger partial charge on any atom is 0.316 e. The largest absolute Gasteiger partial charge is 0.619 e. The van der Waals surface area contributed by atoms with E-state index in [9.17, 15) is 27.2 Å². The quantitative estimate of drug-likeness (QED) is 0.322. The van der Waals surface area contributed by atoms with Crippen LogP contribution in [0.25, 0.3) is 5.69 Å². The lowest BCUT2D eigenvalue weighted by molar-refractivity contribution is -0.605. The van der Waals surface area contributed by atoms with Crippen molar-refractivity contribution in [1.82, 2.24) is 14.1 Å². The van der Waals surface area contributed by atoms with Gasteiger partial charge in [0.25, 0.3) is 0 Å². The van der Waals surface area contributed by atoms with Crippen molar-refractivity contribution in [3.8, 4) is 11.4 Å². The summed E-state index contributed by atoms with van der Waals surface area (Å²) in [5.74, 6) is -1.87. The molecule has 0 amide bonds. The molecular formula is C26H29F2N5O5S. The summed E-state index contributed by atoms with van der Waals surface area (Å²) in [5, 5.41) is 15.4. The number of ether oxygens (including phenoxy) is 1. The molecule has 1 aromatic carbocycles. The Hall–Kier alpha value is -3.58. The standard InChI is InChI=1S/C26H29F2N5O5S/c27-20-14-21(28)16-22(15-20)33-26(34)25(38-23-4-2-1-3-5-23)24(17-29-33)30-10-12-32(13-11-30)39(36,37)18-19-6-8-31(35)9-7-19/h6-9,14-17,23H,1-5,10-13,18H2. The highest BCUT2D eigenvalue weighted by atomic mass is 32.2. The SMILES string of the molecule is O=c1c(OC2CCCCC2)c(N2CCN(S(=O)(=O)Cc3cc[n+]([O-])cc3)CC2)cnn1-c1cc(F)cc(F)c1. The molecule has 0 spiro atoms. The molecule has 208 valence electrons. The Morgan fingerprint density at radius 1 is 1.00 bits per heavy atom. The van der Waals surface area contributed by atoms with E-state index in [4.69, 9.17) is 4.74 Å². The number of hydrogen-bond donors (Lipinski definition) is 0. The highest BCUT2D eigenvalue weighted by Crippen LogP contribution is 2.30. The van der Waals surface area contributed by atoms with Crippen LogP contribution >= 0.6 is 0 Å². The van der Waals surface area contributed by atoms with Crippen molar-refractivity contribution in [3.63, 3.8) is 0 Å². The van der Waals surface area contributed by atoms with Gasteiger partial charge in [-0.25, -0.2) is 17.2 Å². The summed E-state index contributed by atoms with van der Waals surface area (Å²) in [6, 6.07) is 5.71. The van der Waals surface area contributed by atoms with Crippen molar-refractivity contribution in [2.45, 2.75) is 44.0 Å². The lowest BCUT2D eigenvalue weighted by Gasteiger charge is -2.36. The Morgan fingerprint density at radius 2 is 1.64 bits per heavy atom. The maximum absolute atomic E-state index is 13.9. The van der Waals surface area contributed by atoms with E-state index < -0.39 is 27.2 Å². The number of pyridine rings is 1. The molecule has 2 aliphatic rings. The van der Waals surface area contributed by atoms with Gasteiger partial charge in [-0.2, -0.15) is 18.8 Å². The van der Waals surface area contributed by atoms with Crippen molar-refractivity contribution in [3.05, 3.63) is 81.7 Å². The normalized spacial score (nSPS) is 17.3. The van der Waals surface area contributed by atoms with Gasteiger partial charge in [-0.05, 0) is 43.4 Å². The number of hydrogen-bond acceptors (Lipinski definition) is 7. The molecule has 13 heteroatoms. The van der Waals surface area contributed by atoms with E-state index in [1.54, 1.807) is 0 Å². The second kappa shape index (κ2) is 11.3. The monoisotopic (exact) mass is 561 g/mol. The molecule has 2 fully saturated rings. The van der Waals surface area contributed by atoms with Gasteiger partial charge >= 0.3 is 5.56 Å². The van der Waals surface area contributed by atoms with Crippen molar-refractivity contribution in [1.29, 1.82) is 0 Å². The third-order valence-electron chi connectivity index (χ3n) is 7.04. The van der Waals surface area contributed by atoms with Crippen LogP contribution in [-0.4, -0.2) is 54.8 Å². The topological polar surface area (TPSA) is 112 Å². The Kier molecular flexibility index (Phi) is 7.80. The summed E-state index contributed by atoms with van der Waals surface area (Å²) in [4.78, 5) is 15.4. The maximum atomic E-state index is 13.9. The number of benzene rings is 1. The first kappa shape index (κ1) is 27.0. The molecule has 0 unspecified atom stereocenters. The minimum absolute atomic E-state index is 0.0353. The Bertz CT molecular complexity index is 1470. The molecule has 3 heterocycles. The van der Waals surface area contributed by atoms with Crippen LogP contribution in [0, 0.1) is 16.8 Å². The van der Waals surface area contributed by atoms with Gasteiger partial charge in [0.15, 0.2) is 12.4 Å². The van der Waals surface area contributed by atoms with Crippen LogP contribution in [0.2, 0.25) is 0 Å². The van der Waals surface area contributed by atoms with Gasteiger partial charge in [0.05, 0.1) is 23.7 Å². The van der Waals surface area contributed by atoms with Gasteiger partial charge in [0.2, 0.25) is 15.8 Å². The zero-order valence-electron chi connectivity index (χ0n) is 21.2. The molecule has 10 nitrogen and oxygen atoms in total. The number of nitrogens with zero attached hydrogens (tertiary/aromatic N) is 5.